The van der Waals surface area contributed by atoms with Gasteiger partial charge in [0.25, 0.3) is 0 Å². The SMILES string of the molecule is CCCCCCOc1ccc(N=Nc2ccc(C(=O)O[C@@H]3C[C@H](C)CC[C@H]3C(C)C)cc2)cc1. The Labute approximate surface area is 205 Å². The lowest BCUT2D eigenvalue weighted by molar-refractivity contribution is -0.0174. The number of hydrogen-bond acceptors (Lipinski definition) is 5. The Morgan fingerprint density at radius 1 is 0.941 bits per heavy atom. The van der Waals surface area contributed by atoms with Crippen LogP contribution in [0.1, 0.15) is 83.0 Å². The summed E-state index contributed by atoms with van der Waals surface area (Å²) in [6, 6.07) is 14.8. The van der Waals surface area contributed by atoms with Crippen LogP contribution in [0.25, 0.3) is 0 Å². The molecule has 1 saturated carbocycles. The number of ether oxygens (including phenoxy) is 2. The zero-order valence-electron chi connectivity index (χ0n) is 21.2. The van der Waals surface area contributed by atoms with Crippen LogP contribution in [0.4, 0.5) is 11.4 Å². The van der Waals surface area contributed by atoms with E-state index in [4.69, 9.17) is 9.47 Å². The molecule has 0 bridgehead atoms. The first-order valence-electron chi connectivity index (χ1n) is 12.9. The number of hydrogen-bond donors (Lipinski definition) is 0. The highest BCUT2D eigenvalue weighted by atomic mass is 16.5. The molecule has 3 rings (SSSR count). The van der Waals surface area contributed by atoms with Gasteiger partial charge in [-0.1, -0.05) is 53.4 Å². The second-order valence-electron chi connectivity index (χ2n) is 9.92. The van der Waals surface area contributed by atoms with Crippen molar-refractivity contribution >= 4 is 17.3 Å². The first kappa shape index (κ1) is 25.9. The molecule has 0 saturated heterocycles. The van der Waals surface area contributed by atoms with Crippen LogP contribution in [0.3, 0.4) is 0 Å². The maximum absolute atomic E-state index is 12.7. The molecular formula is C29H40N2O3. The molecule has 0 spiro atoms. The topological polar surface area (TPSA) is 60.2 Å². The maximum Gasteiger partial charge on any atom is 0.338 e. The fourth-order valence-electron chi connectivity index (χ4n) is 4.56. The fourth-order valence-corrected chi connectivity index (χ4v) is 4.56. The Morgan fingerprint density at radius 3 is 2.21 bits per heavy atom. The predicted octanol–water partition coefficient (Wildman–Crippen LogP) is 8.68. The van der Waals surface area contributed by atoms with Gasteiger partial charge in [-0.3, -0.25) is 0 Å². The van der Waals surface area contributed by atoms with E-state index in [1.54, 1.807) is 24.3 Å². The van der Waals surface area contributed by atoms with Gasteiger partial charge in [0.15, 0.2) is 0 Å². The third-order valence-corrected chi connectivity index (χ3v) is 6.71. The summed E-state index contributed by atoms with van der Waals surface area (Å²) in [6.45, 7) is 9.63. The third-order valence-electron chi connectivity index (χ3n) is 6.71. The van der Waals surface area contributed by atoms with E-state index in [1.165, 1.54) is 25.7 Å². The molecule has 5 heteroatoms. The molecule has 2 aromatic carbocycles. The van der Waals surface area contributed by atoms with Crippen molar-refractivity contribution in [1.82, 2.24) is 0 Å². The highest BCUT2D eigenvalue weighted by Crippen LogP contribution is 2.35. The molecule has 3 atom stereocenters. The standard InChI is InChI=1S/C29H40N2O3/c1-5-6-7-8-19-33-26-16-14-25(15-17-26)31-30-24-12-10-23(11-13-24)29(32)34-28-20-22(4)9-18-27(28)21(2)3/h10-17,21-22,27-28H,5-9,18-20H2,1-4H3/t22-,27+,28-/m1/s1. The molecule has 1 aliphatic carbocycles. The Balaban J connectivity index is 1.51. The smallest absolute Gasteiger partial charge is 0.338 e. The van der Waals surface area contributed by atoms with E-state index in [2.05, 4.69) is 37.9 Å². The fraction of sp³-hybridized carbons (Fsp3) is 0.552. The zero-order valence-corrected chi connectivity index (χ0v) is 21.2. The Bertz CT molecular complexity index is 906. The molecule has 34 heavy (non-hydrogen) atoms. The lowest BCUT2D eigenvalue weighted by Gasteiger charge is -2.36. The predicted molar refractivity (Wildman–Crippen MR) is 137 cm³/mol. The lowest BCUT2D eigenvalue weighted by atomic mass is 9.75. The average molecular weight is 465 g/mol. The molecular weight excluding hydrogens is 424 g/mol. The molecule has 0 aromatic heterocycles. The molecule has 0 heterocycles. The van der Waals surface area contributed by atoms with Gasteiger partial charge < -0.3 is 9.47 Å². The van der Waals surface area contributed by atoms with Crippen molar-refractivity contribution in [3.05, 3.63) is 54.1 Å². The van der Waals surface area contributed by atoms with Crippen molar-refractivity contribution in [2.45, 2.75) is 78.7 Å². The Hall–Kier alpha value is -2.69. The van der Waals surface area contributed by atoms with Gasteiger partial charge in [0.2, 0.25) is 0 Å². The second-order valence-corrected chi connectivity index (χ2v) is 9.92. The normalized spacial score (nSPS) is 20.6. The number of rotatable bonds is 11. The molecule has 5 nitrogen and oxygen atoms in total. The summed E-state index contributed by atoms with van der Waals surface area (Å²) in [7, 11) is 0. The first-order chi connectivity index (χ1) is 16.5. The van der Waals surface area contributed by atoms with Gasteiger partial charge in [0.05, 0.1) is 23.5 Å². The van der Waals surface area contributed by atoms with Crippen molar-refractivity contribution in [2.24, 2.45) is 28.0 Å². The van der Waals surface area contributed by atoms with E-state index in [9.17, 15) is 4.79 Å². The molecule has 0 radical (unpaired) electrons. The highest BCUT2D eigenvalue weighted by molar-refractivity contribution is 5.89. The van der Waals surface area contributed by atoms with Gasteiger partial charge in [-0.15, -0.1) is 0 Å². The summed E-state index contributed by atoms with van der Waals surface area (Å²) >= 11 is 0. The van der Waals surface area contributed by atoms with E-state index >= 15 is 0 Å². The van der Waals surface area contributed by atoms with Crippen LogP contribution in [0, 0.1) is 17.8 Å². The molecule has 1 aliphatic rings. The van der Waals surface area contributed by atoms with E-state index in [0.29, 0.717) is 29.0 Å². The van der Waals surface area contributed by atoms with E-state index in [-0.39, 0.29) is 12.1 Å². The van der Waals surface area contributed by atoms with Crippen molar-refractivity contribution in [2.75, 3.05) is 6.61 Å². The summed E-state index contributed by atoms with van der Waals surface area (Å²) in [5, 5.41) is 8.59. The van der Waals surface area contributed by atoms with Crippen LogP contribution in [0.2, 0.25) is 0 Å². The first-order valence-corrected chi connectivity index (χ1v) is 12.9. The quantitative estimate of drug-likeness (QED) is 0.190. The van der Waals surface area contributed by atoms with Crippen LogP contribution < -0.4 is 4.74 Å². The molecule has 0 unspecified atom stereocenters. The third kappa shape index (κ3) is 7.96. The minimum absolute atomic E-state index is 0.00101. The Morgan fingerprint density at radius 2 is 1.59 bits per heavy atom. The summed E-state index contributed by atoms with van der Waals surface area (Å²) in [5.74, 6) is 2.15. The van der Waals surface area contributed by atoms with Crippen LogP contribution >= 0.6 is 0 Å². The van der Waals surface area contributed by atoms with Crippen LogP contribution in [-0.4, -0.2) is 18.7 Å². The number of azo groups is 1. The molecule has 0 amide bonds. The maximum atomic E-state index is 12.7. The van der Waals surface area contributed by atoms with Gasteiger partial charge >= 0.3 is 5.97 Å². The number of esters is 1. The van der Waals surface area contributed by atoms with Crippen molar-refractivity contribution in [1.29, 1.82) is 0 Å². The minimum Gasteiger partial charge on any atom is -0.494 e. The van der Waals surface area contributed by atoms with Gasteiger partial charge in [0, 0.05) is 0 Å². The van der Waals surface area contributed by atoms with E-state index in [0.717, 1.165) is 37.3 Å². The second kappa shape index (κ2) is 13.3. The number of carbonyl (C=O) groups excluding carboxylic acids is 1. The van der Waals surface area contributed by atoms with Crippen molar-refractivity contribution < 1.29 is 14.3 Å². The van der Waals surface area contributed by atoms with Gasteiger partial charge in [-0.05, 0) is 85.5 Å². The largest absolute Gasteiger partial charge is 0.494 e. The summed E-state index contributed by atoms with van der Waals surface area (Å²) in [5.41, 5.74) is 2.01. The van der Waals surface area contributed by atoms with E-state index in [1.807, 2.05) is 24.3 Å². The Kier molecular flexibility index (Phi) is 10.1. The number of carbonyl (C=O) groups is 1. The van der Waals surface area contributed by atoms with Crippen molar-refractivity contribution in [3.63, 3.8) is 0 Å². The number of unbranched alkanes of at least 4 members (excludes halogenated alkanes) is 3. The van der Waals surface area contributed by atoms with Gasteiger partial charge in [-0.2, -0.15) is 10.2 Å². The summed E-state index contributed by atoms with van der Waals surface area (Å²) < 4.78 is 11.7. The van der Waals surface area contributed by atoms with Crippen molar-refractivity contribution in [3.8, 4) is 5.75 Å². The highest BCUT2D eigenvalue weighted by Gasteiger charge is 2.33. The van der Waals surface area contributed by atoms with E-state index < -0.39 is 0 Å². The number of benzene rings is 2. The van der Waals surface area contributed by atoms with Gasteiger partial charge in [-0.25, -0.2) is 4.79 Å². The zero-order chi connectivity index (χ0) is 24.3. The monoisotopic (exact) mass is 464 g/mol. The van der Waals surface area contributed by atoms with Gasteiger partial charge in [0.1, 0.15) is 11.9 Å². The molecule has 1 fully saturated rings. The minimum atomic E-state index is -0.251. The molecule has 2 aromatic rings. The number of nitrogens with zero attached hydrogens (tertiary/aromatic N) is 2. The molecule has 0 N–H and O–H groups in total. The lowest BCUT2D eigenvalue weighted by Crippen LogP contribution is -2.35. The van der Waals surface area contributed by atoms with Crippen LogP contribution in [0.15, 0.2) is 58.8 Å². The summed E-state index contributed by atoms with van der Waals surface area (Å²) in [6.07, 6.45) is 8.05. The van der Waals surface area contributed by atoms with Crippen LogP contribution in [0.5, 0.6) is 5.75 Å². The van der Waals surface area contributed by atoms with Crippen LogP contribution in [-0.2, 0) is 4.74 Å². The summed E-state index contributed by atoms with van der Waals surface area (Å²) in [4.78, 5) is 12.7. The molecule has 0 aliphatic heterocycles. The average Bonchev–Trinajstić information content (AvgIpc) is 2.83. The molecule has 184 valence electrons.